The molecule has 0 saturated carbocycles. The van der Waals surface area contributed by atoms with Gasteiger partial charge in [0.2, 0.25) is 0 Å². The summed E-state index contributed by atoms with van der Waals surface area (Å²) in [6.07, 6.45) is 11.9. The summed E-state index contributed by atoms with van der Waals surface area (Å²) in [5.74, 6) is 0. The molecule has 0 aromatic heterocycles. The van der Waals surface area contributed by atoms with E-state index in [1.165, 1.54) is 12.8 Å². The van der Waals surface area contributed by atoms with Crippen molar-refractivity contribution in [2.75, 3.05) is 13.2 Å². The Balaban J connectivity index is 0. The van der Waals surface area contributed by atoms with Gasteiger partial charge < -0.3 is 14.4 Å². The molecule has 152 valence electrons. The van der Waals surface area contributed by atoms with E-state index in [1.807, 2.05) is 0 Å². The number of phosphoric acid groups is 2. The molecule has 0 aliphatic heterocycles. The van der Waals surface area contributed by atoms with E-state index in [4.69, 9.17) is 9.05 Å². The Morgan fingerprint density at radius 1 is 0.654 bits per heavy atom. The molecule has 26 heavy (non-hydrogen) atoms. The first kappa shape index (κ1) is 29.7. The second kappa shape index (κ2) is 18.5. The molecule has 0 aliphatic rings. The Labute approximate surface area is 188 Å². The van der Waals surface area contributed by atoms with Crippen LogP contribution in [-0.4, -0.2) is 51.0 Å². The van der Waals surface area contributed by atoms with Crippen LogP contribution in [-0.2, 0) is 22.5 Å². The molecule has 10 heteroatoms. The first-order valence-corrected chi connectivity index (χ1v) is 12.4. The molecule has 0 aliphatic carbocycles. The summed E-state index contributed by atoms with van der Waals surface area (Å²) in [6.45, 7) is 4.34. The van der Waals surface area contributed by atoms with Crippen LogP contribution in [0.1, 0.15) is 90.9 Å². The molecule has 0 heterocycles. The van der Waals surface area contributed by atoms with Crippen molar-refractivity contribution < 1.29 is 32.3 Å². The van der Waals surface area contributed by atoms with Gasteiger partial charge in [-0.3, -0.25) is 13.4 Å². The summed E-state index contributed by atoms with van der Waals surface area (Å²) in [6, 6.07) is 0. The number of phosphoric ester groups is 1. The average molecular weight is 440 g/mol. The quantitative estimate of drug-likeness (QED) is 0.177. The van der Waals surface area contributed by atoms with Gasteiger partial charge in [-0.2, -0.15) is 0 Å². The summed E-state index contributed by atoms with van der Waals surface area (Å²) in [4.78, 5) is 21.6. The van der Waals surface area contributed by atoms with Crippen LogP contribution in [0, 0.1) is 0 Å². The maximum absolute atomic E-state index is 12.3. The Morgan fingerprint density at radius 3 is 1.35 bits per heavy atom. The SMILES string of the molecule is CCCCCCCCOP(=O)(OCCCCCCCC)OP(=O)([O-])[O-].[Ca+2]. The second-order valence-corrected chi connectivity index (χ2v) is 9.14. The third-order valence-electron chi connectivity index (χ3n) is 3.69. The van der Waals surface area contributed by atoms with Gasteiger partial charge in [-0.05, 0) is 12.8 Å². The Bertz CT molecular complexity index is 382. The second-order valence-electron chi connectivity index (χ2n) is 6.18. The van der Waals surface area contributed by atoms with Gasteiger partial charge in [-0.25, -0.2) is 4.57 Å². The Kier molecular flexibility index (Phi) is 21.2. The zero-order valence-corrected chi connectivity index (χ0v) is 20.4. The normalized spacial score (nSPS) is 12.2. The topological polar surface area (TPSA) is 108 Å². The fourth-order valence-electron chi connectivity index (χ4n) is 2.32. The molecule has 0 amide bonds. The van der Waals surface area contributed by atoms with E-state index in [9.17, 15) is 18.9 Å². The number of hydrogen-bond acceptors (Lipinski definition) is 7. The van der Waals surface area contributed by atoms with Gasteiger partial charge in [-0.1, -0.05) is 78.1 Å². The van der Waals surface area contributed by atoms with Crippen LogP contribution >= 0.6 is 15.6 Å². The monoisotopic (exact) mass is 440 g/mol. The minimum atomic E-state index is -5.44. The molecule has 0 aromatic rings. The smallest absolute Gasteiger partial charge is 0.789 e. The van der Waals surface area contributed by atoms with Gasteiger partial charge in [0, 0.05) is 0 Å². The third kappa shape index (κ3) is 20.3. The molecule has 0 atom stereocenters. The van der Waals surface area contributed by atoms with Gasteiger partial charge in [0.25, 0.3) is 0 Å². The fraction of sp³-hybridized carbons (Fsp3) is 1.00. The van der Waals surface area contributed by atoms with Crippen LogP contribution in [0.15, 0.2) is 0 Å². The Hall–Kier alpha value is 1.52. The van der Waals surface area contributed by atoms with Gasteiger partial charge in [-0.15, -0.1) is 0 Å². The zero-order valence-electron chi connectivity index (χ0n) is 16.4. The molecule has 0 radical (unpaired) electrons. The van der Waals surface area contributed by atoms with Crippen molar-refractivity contribution in [1.29, 1.82) is 0 Å². The molecule has 0 saturated heterocycles. The molecular weight excluding hydrogens is 406 g/mol. The molecule has 0 N–H and O–H groups in total. The maximum Gasteiger partial charge on any atom is 2.00 e. The molecule has 0 fully saturated rings. The van der Waals surface area contributed by atoms with Gasteiger partial charge >= 0.3 is 45.6 Å². The minimum absolute atomic E-state index is 0. The average Bonchev–Trinajstić information content (AvgIpc) is 2.51. The van der Waals surface area contributed by atoms with Crippen molar-refractivity contribution >= 4 is 53.4 Å². The predicted molar refractivity (Wildman–Crippen MR) is 101 cm³/mol. The fourth-order valence-corrected chi connectivity index (χ4v) is 4.46. The van der Waals surface area contributed by atoms with Crippen LogP contribution in [0.5, 0.6) is 0 Å². The van der Waals surface area contributed by atoms with E-state index >= 15 is 0 Å². The zero-order chi connectivity index (χ0) is 19.0. The molecule has 7 nitrogen and oxygen atoms in total. The van der Waals surface area contributed by atoms with E-state index in [2.05, 4.69) is 18.2 Å². The van der Waals surface area contributed by atoms with Crippen molar-refractivity contribution in [3.05, 3.63) is 0 Å². The maximum atomic E-state index is 12.3. The molecule has 0 unspecified atom stereocenters. The van der Waals surface area contributed by atoms with Crippen LogP contribution in [0.25, 0.3) is 0 Å². The van der Waals surface area contributed by atoms with Crippen LogP contribution in [0.2, 0.25) is 0 Å². The van der Waals surface area contributed by atoms with E-state index in [-0.39, 0.29) is 51.0 Å². The summed E-state index contributed by atoms with van der Waals surface area (Å²) >= 11 is 0. The first-order chi connectivity index (χ1) is 11.8. The van der Waals surface area contributed by atoms with Gasteiger partial charge in [0.15, 0.2) is 0 Å². The Morgan fingerprint density at radius 2 is 1.00 bits per heavy atom. The molecule has 0 spiro atoms. The number of unbranched alkanes of at least 4 members (excludes halogenated alkanes) is 10. The molecule has 0 aromatic carbocycles. The summed E-state index contributed by atoms with van der Waals surface area (Å²) in [7, 11) is -9.79. The molecular formula is C16H34CaO7P2. The van der Waals surface area contributed by atoms with Crippen molar-refractivity contribution in [3.8, 4) is 0 Å². The van der Waals surface area contributed by atoms with Crippen molar-refractivity contribution in [2.24, 2.45) is 0 Å². The van der Waals surface area contributed by atoms with E-state index in [1.54, 1.807) is 0 Å². The van der Waals surface area contributed by atoms with Crippen molar-refractivity contribution in [1.82, 2.24) is 0 Å². The van der Waals surface area contributed by atoms with Crippen LogP contribution in [0.4, 0.5) is 0 Å². The van der Waals surface area contributed by atoms with Crippen molar-refractivity contribution in [3.63, 3.8) is 0 Å². The molecule has 0 bridgehead atoms. The van der Waals surface area contributed by atoms with Crippen LogP contribution < -0.4 is 9.79 Å². The standard InChI is InChI=1S/C16H36O7P2.Ca/c1-3-5-7-9-11-13-15-21-25(20,23-24(17,18)19)22-16-14-12-10-8-6-4-2;/h3-16H2,1-2H3,(H2,17,18,19);/q;+2/p-2. The largest absolute Gasteiger partial charge is 2.00 e. The van der Waals surface area contributed by atoms with Crippen LogP contribution in [0.3, 0.4) is 0 Å². The molecule has 0 rings (SSSR count). The summed E-state index contributed by atoms with van der Waals surface area (Å²) < 4.78 is 37.1. The predicted octanol–water partition coefficient (Wildman–Crippen LogP) is 4.31. The van der Waals surface area contributed by atoms with E-state index < -0.39 is 15.6 Å². The van der Waals surface area contributed by atoms with Gasteiger partial charge in [0.05, 0.1) is 21.0 Å². The minimum Gasteiger partial charge on any atom is -0.789 e. The third-order valence-corrected chi connectivity index (χ3v) is 6.29. The van der Waals surface area contributed by atoms with E-state index in [0.29, 0.717) is 12.8 Å². The van der Waals surface area contributed by atoms with Gasteiger partial charge in [0.1, 0.15) is 0 Å². The number of hydrogen-bond donors (Lipinski definition) is 0. The van der Waals surface area contributed by atoms with E-state index in [0.717, 1.165) is 51.4 Å². The summed E-state index contributed by atoms with van der Waals surface area (Å²) in [5, 5.41) is 0. The van der Waals surface area contributed by atoms with Crippen molar-refractivity contribution in [2.45, 2.75) is 90.9 Å². The number of rotatable bonds is 18. The first-order valence-electron chi connectivity index (χ1n) is 9.45. The summed E-state index contributed by atoms with van der Waals surface area (Å²) in [5.41, 5.74) is 0.